The number of rotatable bonds is 5. The molecule has 0 saturated heterocycles. The molecule has 1 aromatic rings. The van der Waals surface area contributed by atoms with Crippen LogP contribution >= 0.6 is 0 Å². The number of ether oxygens (including phenoxy) is 2. The fourth-order valence-corrected chi connectivity index (χ4v) is 1.46. The quantitative estimate of drug-likeness (QED) is 0.479. The molecule has 0 fully saturated rings. The molecule has 1 aromatic carbocycles. The predicted octanol–water partition coefficient (Wildman–Crippen LogP) is 1.48. The van der Waals surface area contributed by atoms with E-state index in [9.17, 15) is 9.90 Å². The van der Waals surface area contributed by atoms with Gasteiger partial charge in [0.05, 0.1) is 19.8 Å². The number of carbonyl (C=O) groups is 1. The molecule has 1 rings (SSSR count). The minimum Gasteiger partial charge on any atom is -0.463 e. The molecule has 0 aliphatic heterocycles. The van der Waals surface area contributed by atoms with Crippen LogP contribution in [0.15, 0.2) is 30.0 Å². The Labute approximate surface area is 112 Å². The van der Waals surface area contributed by atoms with E-state index >= 15 is 0 Å². The van der Waals surface area contributed by atoms with Gasteiger partial charge in [0.2, 0.25) is 5.76 Å². The van der Waals surface area contributed by atoms with E-state index < -0.39 is 12.1 Å². The van der Waals surface area contributed by atoms with Crippen LogP contribution in [0.5, 0.6) is 5.75 Å². The second kappa shape index (κ2) is 6.92. The second-order valence-corrected chi connectivity index (χ2v) is 4.05. The summed E-state index contributed by atoms with van der Waals surface area (Å²) in [6.45, 7) is 3.12. The van der Waals surface area contributed by atoms with Crippen LogP contribution in [-0.2, 0) is 9.53 Å². The molecule has 0 aromatic heterocycles. The van der Waals surface area contributed by atoms with Gasteiger partial charge in [-0.05, 0) is 37.1 Å². The Balaban J connectivity index is 3.05. The van der Waals surface area contributed by atoms with Gasteiger partial charge in [0.15, 0.2) is 0 Å². The maximum atomic E-state index is 11.5. The summed E-state index contributed by atoms with van der Waals surface area (Å²) in [6.07, 6.45) is 0.590. The molecule has 0 aliphatic rings. The third kappa shape index (κ3) is 4.08. The SMILES string of the molecule is COC(=O)/C(=C/CO)Oc1cc(C(C)O)ccc1C. The first-order chi connectivity index (χ1) is 8.99. The van der Waals surface area contributed by atoms with E-state index in [-0.39, 0.29) is 12.4 Å². The Morgan fingerprint density at radius 1 is 1.47 bits per heavy atom. The summed E-state index contributed by atoms with van der Waals surface area (Å²) in [4.78, 5) is 11.5. The lowest BCUT2D eigenvalue weighted by Crippen LogP contribution is -2.12. The maximum Gasteiger partial charge on any atom is 0.373 e. The summed E-state index contributed by atoms with van der Waals surface area (Å²) in [5.74, 6) is -0.324. The minimum atomic E-state index is -0.670. The highest BCUT2D eigenvalue weighted by atomic mass is 16.6. The van der Waals surface area contributed by atoms with Gasteiger partial charge >= 0.3 is 5.97 Å². The van der Waals surface area contributed by atoms with E-state index in [1.54, 1.807) is 25.1 Å². The molecule has 0 radical (unpaired) electrons. The smallest absolute Gasteiger partial charge is 0.373 e. The number of aryl methyl sites for hydroxylation is 1. The van der Waals surface area contributed by atoms with Crippen molar-refractivity contribution in [3.05, 3.63) is 41.2 Å². The number of hydrogen-bond acceptors (Lipinski definition) is 5. The number of benzene rings is 1. The lowest BCUT2D eigenvalue weighted by atomic mass is 10.1. The van der Waals surface area contributed by atoms with Gasteiger partial charge in [-0.1, -0.05) is 12.1 Å². The van der Waals surface area contributed by atoms with Crippen LogP contribution in [0.4, 0.5) is 0 Å². The average Bonchev–Trinajstić information content (AvgIpc) is 2.39. The third-order valence-corrected chi connectivity index (χ3v) is 2.58. The summed E-state index contributed by atoms with van der Waals surface area (Å²) < 4.78 is 10.0. The monoisotopic (exact) mass is 266 g/mol. The highest BCUT2D eigenvalue weighted by Gasteiger charge is 2.14. The number of hydrogen-bond donors (Lipinski definition) is 2. The Bertz CT molecular complexity index is 477. The fourth-order valence-electron chi connectivity index (χ4n) is 1.46. The predicted molar refractivity (Wildman–Crippen MR) is 69.6 cm³/mol. The van der Waals surface area contributed by atoms with E-state index in [1.165, 1.54) is 13.2 Å². The molecule has 0 aliphatic carbocycles. The molecular formula is C14H18O5. The van der Waals surface area contributed by atoms with Crippen molar-refractivity contribution in [3.63, 3.8) is 0 Å². The van der Waals surface area contributed by atoms with Crippen LogP contribution in [0.1, 0.15) is 24.2 Å². The Morgan fingerprint density at radius 3 is 2.68 bits per heavy atom. The minimum absolute atomic E-state index is 0.0872. The van der Waals surface area contributed by atoms with Gasteiger partial charge in [0.25, 0.3) is 0 Å². The third-order valence-electron chi connectivity index (χ3n) is 2.58. The summed E-state index contributed by atoms with van der Waals surface area (Å²) >= 11 is 0. The summed E-state index contributed by atoms with van der Waals surface area (Å²) in [5, 5.41) is 18.4. The fraction of sp³-hybridized carbons (Fsp3) is 0.357. The Morgan fingerprint density at radius 2 is 2.16 bits per heavy atom. The van der Waals surface area contributed by atoms with Crippen molar-refractivity contribution in [2.45, 2.75) is 20.0 Å². The van der Waals surface area contributed by atoms with Crippen LogP contribution in [0.3, 0.4) is 0 Å². The number of esters is 1. The van der Waals surface area contributed by atoms with Crippen LogP contribution < -0.4 is 4.74 Å². The first kappa shape index (κ1) is 15.2. The van der Waals surface area contributed by atoms with Crippen molar-refractivity contribution in [2.75, 3.05) is 13.7 Å². The molecule has 0 bridgehead atoms. The van der Waals surface area contributed by atoms with Crippen LogP contribution in [0.2, 0.25) is 0 Å². The highest BCUT2D eigenvalue weighted by molar-refractivity contribution is 5.86. The number of aliphatic hydroxyl groups is 2. The Kier molecular flexibility index (Phi) is 5.54. The zero-order valence-electron chi connectivity index (χ0n) is 11.2. The van der Waals surface area contributed by atoms with E-state index in [4.69, 9.17) is 9.84 Å². The van der Waals surface area contributed by atoms with Crippen molar-refractivity contribution >= 4 is 5.97 Å². The molecule has 0 saturated carbocycles. The molecule has 5 heteroatoms. The standard InChI is InChI=1S/C14H18O5/c1-9-4-5-11(10(2)16)8-13(9)19-12(6-7-15)14(17)18-3/h4-6,8,10,15-16H,7H2,1-3H3/b12-6-. The topological polar surface area (TPSA) is 76.0 Å². The number of carbonyl (C=O) groups excluding carboxylic acids is 1. The second-order valence-electron chi connectivity index (χ2n) is 4.05. The maximum absolute atomic E-state index is 11.5. The number of aliphatic hydroxyl groups excluding tert-OH is 2. The van der Waals surface area contributed by atoms with Gasteiger partial charge < -0.3 is 19.7 Å². The molecular weight excluding hydrogens is 248 g/mol. The normalized spacial score (nSPS) is 13.0. The molecule has 19 heavy (non-hydrogen) atoms. The molecule has 2 N–H and O–H groups in total. The van der Waals surface area contributed by atoms with Crippen molar-refractivity contribution in [1.29, 1.82) is 0 Å². The Hall–Kier alpha value is -1.85. The molecule has 1 unspecified atom stereocenters. The molecule has 0 amide bonds. The average molecular weight is 266 g/mol. The molecule has 1 atom stereocenters. The van der Waals surface area contributed by atoms with Crippen LogP contribution in [-0.4, -0.2) is 29.9 Å². The van der Waals surface area contributed by atoms with Crippen LogP contribution in [0.25, 0.3) is 0 Å². The van der Waals surface area contributed by atoms with Gasteiger partial charge in [0.1, 0.15) is 5.75 Å². The number of methoxy groups -OCH3 is 1. The largest absolute Gasteiger partial charge is 0.463 e. The lowest BCUT2D eigenvalue weighted by molar-refractivity contribution is -0.138. The van der Waals surface area contributed by atoms with Gasteiger partial charge in [-0.2, -0.15) is 0 Å². The van der Waals surface area contributed by atoms with Crippen molar-refractivity contribution in [1.82, 2.24) is 0 Å². The van der Waals surface area contributed by atoms with E-state index in [0.29, 0.717) is 11.3 Å². The molecule has 5 nitrogen and oxygen atoms in total. The van der Waals surface area contributed by atoms with Gasteiger partial charge in [0, 0.05) is 0 Å². The van der Waals surface area contributed by atoms with Gasteiger partial charge in [-0.15, -0.1) is 0 Å². The van der Waals surface area contributed by atoms with Crippen LogP contribution in [0, 0.1) is 6.92 Å². The highest BCUT2D eigenvalue weighted by Crippen LogP contribution is 2.25. The van der Waals surface area contributed by atoms with E-state index in [0.717, 1.165) is 5.56 Å². The first-order valence-corrected chi connectivity index (χ1v) is 5.85. The van der Waals surface area contributed by atoms with Gasteiger partial charge in [-0.25, -0.2) is 4.79 Å². The molecule has 0 spiro atoms. The zero-order chi connectivity index (χ0) is 14.4. The summed E-state index contributed by atoms with van der Waals surface area (Å²) in [5.41, 5.74) is 1.48. The first-order valence-electron chi connectivity index (χ1n) is 5.85. The van der Waals surface area contributed by atoms with Crippen molar-refractivity contribution in [2.24, 2.45) is 0 Å². The van der Waals surface area contributed by atoms with Gasteiger partial charge in [-0.3, -0.25) is 0 Å². The molecule has 104 valence electrons. The van der Waals surface area contributed by atoms with Crippen molar-refractivity contribution < 1.29 is 24.5 Å². The zero-order valence-corrected chi connectivity index (χ0v) is 11.2. The summed E-state index contributed by atoms with van der Waals surface area (Å²) in [6, 6.07) is 5.21. The van der Waals surface area contributed by atoms with E-state index in [2.05, 4.69) is 4.74 Å². The lowest BCUT2D eigenvalue weighted by Gasteiger charge is -2.13. The summed E-state index contributed by atoms with van der Waals surface area (Å²) in [7, 11) is 1.23. The molecule has 0 heterocycles. The van der Waals surface area contributed by atoms with E-state index in [1.807, 2.05) is 6.92 Å². The van der Waals surface area contributed by atoms with Crippen molar-refractivity contribution in [3.8, 4) is 5.75 Å².